The lowest BCUT2D eigenvalue weighted by Crippen LogP contribution is -2.43. The van der Waals surface area contributed by atoms with Crippen LogP contribution in [0.5, 0.6) is 0 Å². The second kappa shape index (κ2) is 4.23. The molecule has 1 unspecified atom stereocenters. The van der Waals surface area contributed by atoms with Gasteiger partial charge in [-0.25, -0.2) is 0 Å². The van der Waals surface area contributed by atoms with Gasteiger partial charge in [-0.1, -0.05) is 12.1 Å². The minimum absolute atomic E-state index is 0.346. The van der Waals surface area contributed by atoms with Gasteiger partial charge < -0.3 is 10.6 Å². The summed E-state index contributed by atoms with van der Waals surface area (Å²) in [5, 5.41) is 0. The molecule has 2 heteroatoms. The first-order valence-corrected chi connectivity index (χ1v) is 5.75. The molecule has 1 fully saturated rings. The van der Waals surface area contributed by atoms with Crippen LogP contribution in [-0.4, -0.2) is 19.1 Å². The van der Waals surface area contributed by atoms with E-state index < -0.39 is 0 Å². The summed E-state index contributed by atoms with van der Waals surface area (Å²) < 4.78 is 0. The highest BCUT2D eigenvalue weighted by atomic mass is 15.1. The summed E-state index contributed by atoms with van der Waals surface area (Å²) in [6, 6.07) is 6.86. The number of nitrogens with two attached hydrogens (primary N) is 1. The quantitative estimate of drug-likeness (QED) is 0.760. The van der Waals surface area contributed by atoms with Gasteiger partial charge in [0.25, 0.3) is 0 Å². The minimum atomic E-state index is 0.346. The van der Waals surface area contributed by atoms with Crippen LogP contribution >= 0.6 is 0 Å². The first kappa shape index (κ1) is 10.5. The van der Waals surface area contributed by atoms with Gasteiger partial charge in [-0.05, 0) is 43.9 Å². The Morgan fingerprint density at radius 1 is 1.33 bits per heavy atom. The molecule has 0 amide bonds. The van der Waals surface area contributed by atoms with E-state index in [1.54, 1.807) is 0 Å². The molecule has 0 bridgehead atoms. The standard InChI is InChI=1S/C13H20N2/c1-10-5-3-7-13(11(10)2)15-8-4-6-12(14)9-15/h3,5,7,12H,4,6,8-9,14H2,1-2H3. The van der Waals surface area contributed by atoms with Gasteiger partial charge >= 0.3 is 0 Å². The third-order valence-corrected chi connectivity index (χ3v) is 3.37. The molecule has 1 aliphatic rings. The monoisotopic (exact) mass is 204 g/mol. The molecule has 0 spiro atoms. The van der Waals surface area contributed by atoms with Crippen molar-refractivity contribution in [2.24, 2.45) is 5.73 Å². The van der Waals surface area contributed by atoms with Crippen molar-refractivity contribution in [1.82, 2.24) is 0 Å². The second-order valence-electron chi connectivity index (χ2n) is 4.57. The Kier molecular flexibility index (Phi) is 2.96. The van der Waals surface area contributed by atoms with Crippen LogP contribution in [0, 0.1) is 13.8 Å². The lowest BCUT2D eigenvalue weighted by molar-refractivity contribution is 0.505. The molecule has 0 radical (unpaired) electrons. The van der Waals surface area contributed by atoms with Gasteiger partial charge in [-0.3, -0.25) is 0 Å². The molecule has 0 aliphatic carbocycles. The molecule has 2 nitrogen and oxygen atoms in total. The molecule has 2 rings (SSSR count). The lowest BCUT2D eigenvalue weighted by Gasteiger charge is -2.34. The first-order chi connectivity index (χ1) is 7.18. The number of hydrogen-bond acceptors (Lipinski definition) is 2. The van der Waals surface area contributed by atoms with Crippen molar-refractivity contribution in [3.05, 3.63) is 29.3 Å². The maximum atomic E-state index is 6.01. The normalized spacial score (nSPS) is 21.8. The highest BCUT2D eigenvalue weighted by Crippen LogP contribution is 2.25. The summed E-state index contributed by atoms with van der Waals surface area (Å²) in [5.41, 5.74) is 10.1. The average Bonchev–Trinajstić information content (AvgIpc) is 2.22. The Bertz CT molecular complexity index is 346. The molecular weight excluding hydrogens is 184 g/mol. The molecule has 0 saturated carbocycles. The molecule has 0 aromatic heterocycles. The molecule has 1 heterocycles. The number of hydrogen-bond donors (Lipinski definition) is 1. The van der Waals surface area contributed by atoms with Crippen LogP contribution in [0.25, 0.3) is 0 Å². The molecule has 1 aromatic rings. The Labute approximate surface area is 92.1 Å². The van der Waals surface area contributed by atoms with E-state index in [0.29, 0.717) is 6.04 Å². The van der Waals surface area contributed by atoms with Crippen molar-refractivity contribution >= 4 is 5.69 Å². The van der Waals surface area contributed by atoms with E-state index in [1.165, 1.54) is 29.7 Å². The number of benzene rings is 1. The van der Waals surface area contributed by atoms with Gasteiger partial charge in [0.2, 0.25) is 0 Å². The van der Waals surface area contributed by atoms with Crippen LogP contribution in [0.3, 0.4) is 0 Å². The molecule has 2 N–H and O–H groups in total. The number of piperidine rings is 1. The summed E-state index contributed by atoms with van der Waals surface area (Å²) in [6.45, 7) is 6.52. The van der Waals surface area contributed by atoms with Gasteiger partial charge in [0.15, 0.2) is 0 Å². The topological polar surface area (TPSA) is 29.3 Å². The molecule has 1 aliphatic heterocycles. The van der Waals surface area contributed by atoms with Gasteiger partial charge in [0.1, 0.15) is 0 Å². The summed E-state index contributed by atoms with van der Waals surface area (Å²) in [7, 11) is 0. The van der Waals surface area contributed by atoms with Crippen LogP contribution in [-0.2, 0) is 0 Å². The summed E-state index contributed by atoms with van der Waals surface area (Å²) in [5.74, 6) is 0. The van der Waals surface area contributed by atoms with E-state index in [2.05, 4.69) is 36.9 Å². The fourth-order valence-electron chi connectivity index (χ4n) is 2.31. The molecular formula is C13H20N2. The van der Waals surface area contributed by atoms with Gasteiger partial charge in [-0.2, -0.15) is 0 Å². The maximum Gasteiger partial charge on any atom is 0.0399 e. The average molecular weight is 204 g/mol. The van der Waals surface area contributed by atoms with Crippen molar-refractivity contribution in [2.75, 3.05) is 18.0 Å². The molecule has 1 saturated heterocycles. The predicted octanol–water partition coefficient (Wildman–Crippen LogP) is 2.23. The van der Waals surface area contributed by atoms with E-state index in [4.69, 9.17) is 5.73 Å². The van der Waals surface area contributed by atoms with Crippen molar-refractivity contribution in [3.8, 4) is 0 Å². The van der Waals surface area contributed by atoms with E-state index in [-0.39, 0.29) is 0 Å². The third-order valence-electron chi connectivity index (χ3n) is 3.37. The van der Waals surface area contributed by atoms with Gasteiger partial charge in [0, 0.05) is 24.8 Å². The Morgan fingerprint density at radius 2 is 2.13 bits per heavy atom. The fraction of sp³-hybridized carbons (Fsp3) is 0.538. The molecule has 82 valence electrons. The largest absolute Gasteiger partial charge is 0.370 e. The van der Waals surface area contributed by atoms with Crippen LogP contribution in [0.15, 0.2) is 18.2 Å². The first-order valence-electron chi connectivity index (χ1n) is 5.75. The summed E-state index contributed by atoms with van der Waals surface area (Å²) in [4.78, 5) is 2.43. The van der Waals surface area contributed by atoms with E-state index in [1.807, 2.05) is 0 Å². The van der Waals surface area contributed by atoms with E-state index in [0.717, 1.165) is 13.1 Å². The zero-order chi connectivity index (χ0) is 10.8. The van der Waals surface area contributed by atoms with Crippen molar-refractivity contribution < 1.29 is 0 Å². The minimum Gasteiger partial charge on any atom is -0.370 e. The zero-order valence-corrected chi connectivity index (χ0v) is 9.66. The highest BCUT2D eigenvalue weighted by molar-refractivity contribution is 5.56. The molecule has 1 aromatic carbocycles. The van der Waals surface area contributed by atoms with Crippen LogP contribution in [0.2, 0.25) is 0 Å². The van der Waals surface area contributed by atoms with E-state index >= 15 is 0 Å². The maximum absolute atomic E-state index is 6.01. The predicted molar refractivity (Wildman–Crippen MR) is 65.3 cm³/mol. The smallest absolute Gasteiger partial charge is 0.0399 e. The fourth-order valence-corrected chi connectivity index (χ4v) is 2.31. The molecule has 15 heavy (non-hydrogen) atoms. The highest BCUT2D eigenvalue weighted by Gasteiger charge is 2.18. The van der Waals surface area contributed by atoms with Crippen LogP contribution in [0.1, 0.15) is 24.0 Å². The van der Waals surface area contributed by atoms with Crippen LogP contribution < -0.4 is 10.6 Å². The number of anilines is 1. The van der Waals surface area contributed by atoms with E-state index in [9.17, 15) is 0 Å². The number of rotatable bonds is 1. The summed E-state index contributed by atoms with van der Waals surface area (Å²) >= 11 is 0. The zero-order valence-electron chi connectivity index (χ0n) is 9.66. The van der Waals surface area contributed by atoms with Gasteiger partial charge in [-0.15, -0.1) is 0 Å². The third kappa shape index (κ3) is 2.15. The lowest BCUT2D eigenvalue weighted by atomic mass is 10.0. The Hall–Kier alpha value is -1.02. The van der Waals surface area contributed by atoms with Crippen molar-refractivity contribution in [1.29, 1.82) is 0 Å². The number of nitrogens with zero attached hydrogens (tertiary/aromatic N) is 1. The molecule has 1 atom stereocenters. The summed E-state index contributed by atoms with van der Waals surface area (Å²) in [6.07, 6.45) is 2.38. The van der Waals surface area contributed by atoms with Crippen molar-refractivity contribution in [3.63, 3.8) is 0 Å². The second-order valence-corrected chi connectivity index (χ2v) is 4.57. The Morgan fingerprint density at radius 3 is 2.87 bits per heavy atom. The van der Waals surface area contributed by atoms with Gasteiger partial charge in [0.05, 0.1) is 0 Å². The number of aryl methyl sites for hydroxylation is 1. The SMILES string of the molecule is Cc1cccc(N2CCCC(N)C2)c1C. The van der Waals surface area contributed by atoms with Crippen molar-refractivity contribution in [2.45, 2.75) is 32.7 Å². The van der Waals surface area contributed by atoms with Crippen LogP contribution in [0.4, 0.5) is 5.69 Å². The Balaban J connectivity index is 2.24.